The highest BCUT2D eigenvalue weighted by Crippen LogP contribution is 2.31. The second kappa shape index (κ2) is 3.47. The predicted octanol–water partition coefficient (Wildman–Crippen LogP) is 3.18. The van der Waals surface area contributed by atoms with Crippen molar-refractivity contribution >= 4 is 0 Å². The number of pyridine rings is 1. The molecule has 1 nitrogen and oxygen atoms in total. The Kier molecular flexibility index (Phi) is 2.68. The highest BCUT2D eigenvalue weighted by Gasteiger charge is 2.35. The van der Waals surface area contributed by atoms with Crippen molar-refractivity contribution in [3.63, 3.8) is 0 Å². The topological polar surface area (TPSA) is 12.9 Å². The molecule has 0 amide bonds. The zero-order valence-corrected chi connectivity index (χ0v) is 6.45. The number of hydrogen-bond donors (Lipinski definition) is 0. The van der Waals surface area contributed by atoms with E-state index < -0.39 is 29.7 Å². The Labute approximate surface area is 74.4 Å². The highest BCUT2D eigenvalue weighted by molar-refractivity contribution is 5.19. The van der Waals surface area contributed by atoms with Crippen LogP contribution >= 0.6 is 0 Å². The van der Waals surface area contributed by atoms with Crippen molar-refractivity contribution in [3.05, 3.63) is 29.3 Å². The van der Waals surface area contributed by atoms with Crippen molar-refractivity contribution in [3.8, 4) is 0 Å². The largest absolute Gasteiger partial charge is 0.420 e. The van der Waals surface area contributed by atoms with E-state index in [-0.39, 0.29) is 12.3 Å². The van der Waals surface area contributed by atoms with Gasteiger partial charge in [-0.15, -0.1) is 0 Å². The molecule has 0 aromatic carbocycles. The van der Waals surface area contributed by atoms with Gasteiger partial charge in [0.05, 0.1) is 0 Å². The minimum atomic E-state index is -4.92. The molecule has 0 bridgehead atoms. The molecule has 0 aliphatic heterocycles. The Bertz CT molecular complexity index is 331. The molecule has 1 aromatic heterocycles. The third-order valence-electron chi connectivity index (χ3n) is 1.40. The van der Waals surface area contributed by atoms with Gasteiger partial charge in [-0.1, -0.05) is 0 Å². The van der Waals surface area contributed by atoms with Gasteiger partial charge in [-0.05, 0) is 0 Å². The molecule has 1 heterocycles. The van der Waals surface area contributed by atoms with Gasteiger partial charge in [-0.2, -0.15) is 13.2 Å². The molecule has 0 unspecified atom stereocenters. The van der Waals surface area contributed by atoms with Crippen molar-refractivity contribution in [2.24, 2.45) is 0 Å². The number of halogens is 6. The first-order valence-corrected chi connectivity index (χ1v) is 3.33. The van der Waals surface area contributed by atoms with E-state index in [1.54, 1.807) is 0 Å². The maximum atomic E-state index is 12.6. The first kappa shape index (κ1) is 10.8. The molecule has 0 aliphatic rings. The first-order valence-electron chi connectivity index (χ1n) is 3.33. The molecule has 0 atom stereocenters. The molecule has 7 heteroatoms. The molecule has 0 saturated carbocycles. The molecule has 1 rings (SSSR count). The number of nitrogens with zero attached hydrogens (tertiary/aromatic N) is 1. The standard InChI is InChI=1S/C7H3F6N/c8-4-1-5(6(9)10)14-2-3(4)7(11,12)13/h1-2,6H. The summed E-state index contributed by atoms with van der Waals surface area (Å²) in [7, 11) is 0. The summed E-state index contributed by atoms with van der Waals surface area (Å²) in [6.07, 6.45) is -7.96. The van der Waals surface area contributed by atoms with E-state index in [2.05, 4.69) is 4.98 Å². The Balaban J connectivity index is 3.15. The van der Waals surface area contributed by atoms with Gasteiger partial charge in [0.1, 0.15) is 17.1 Å². The van der Waals surface area contributed by atoms with Gasteiger partial charge in [0, 0.05) is 12.3 Å². The minimum Gasteiger partial charge on any atom is -0.254 e. The van der Waals surface area contributed by atoms with Crippen molar-refractivity contribution in [2.75, 3.05) is 0 Å². The van der Waals surface area contributed by atoms with Crippen LogP contribution in [0.2, 0.25) is 0 Å². The predicted molar refractivity (Wildman–Crippen MR) is 34.2 cm³/mol. The van der Waals surface area contributed by atoms with Crippen LogP contribution in [0.5, 0.6) is 0 Å². The van der Waals surface area contributed by atoms with E-state index in [1.165, 1.54) is 0 Å². The van der Waals surface area contributed by atoms with Crippen LogP contribution in [0.25, 0.3) is 0 Å². The maximum Gasteiger partial charge on any atom is 0.420 e. The molecule has 14 heavy (non-hydrogen) atoms. The molecule has 78 valence electrons. The van der Waals surface area contributed by atoms with E-state index in [0.717, 1.165) is 0 Å². The van der Waals surface area contributed by atoms with Gasteiger partial charge in [-0.3, -0.25) is 4.98 Å². The van der Waals surface area contributed by atoms with Gasteiger partial charge in [0.2, 0.25) is 0 Å². The summed E-state index contributed by atoms with van der Waals surface area (Å²) in [5.41, 5.74) is -2.67. The first-order chi connectivity index (χ1) is 6.32. The summed E-state index contributed by atoms with van der Waals surface area (Å²) >= 11 is 0. The van der Waals surface area contributed by atoms with Crippen molar-refractivity contribution in [2.45, 2.75) is 12.6 Å². The van der Waals surface area contributed by atoms with Gasteiger partial charge < -0.3 is 0 Å². The quantitative estimate of drug-likeness (QED) is 0.655. The molecule has 0 aliphatic carbocycles. The third-order valence-corrected chi connectivity index (χ3v) is 1.40. The Morgan fingerprint density at radius 2 is 1.79 bits per heavy atom. The smallest absolute Gasteiger partial charge is 0.254 e. The molecule has 0 fully saturated rings. The summed E-state index contributed by atoms with van der Waals surface area (Å²) < 4.78 is 72.1. The molecular weight excluding hydrogens is 212 g/mol. The van der Waals surface area contributed by atoms with E-state index in [9.17, 15) is 26.3 Å². The zero-order valence-electron chi connectivity index (χ0n) is 6.45. The Hall–Kier alpha value is -1.27. The maximum absolute atomic E-state index is 12.6. The third kappa shape index (κ3) is 2.15. The van der Waals surface area contributed by atoms with Crippen LogP contribution in [0.1, 0.15) is 17.7 Å². The monoisotopic (exact) mass is 215 g/mol. The lowest BCUT2D eigenvalue weighted by Crippen LogP contribution is -2.09. The Morgan fingerprint density at radius 1 is 1.21 bits per heavy atom. The molecule has 0 radical (unpaired) electrons. The number of alkyl halides is 5. The molecule has 1 aromatic rings. The van der Waals surface area contributed by atoms with Gasteiger partial charge in [0.25, 0.3) is 6.43 Å². The summed E-state index contributed by atoms with van der Waals surface area (Å²) in [4.78, 5) is 2.80. The summed E-state index contributed by atoms with van der Waals surface area (Å²) in [5, 5.41) is 0. The molecular formula is C7H3F6N. The second-order valence-electron chi connectivity index (χ2n) is 2.39. The van der Waals surface area contributed by atoms with Crippen LogP contribution in [-0.2, 0) is 6.18 Å². The fourth-order valence-electron chi connectivity index (χ4n) is 0.774. The average Bonchev–Trinajstić information content (AvgIpc) is 2.01. The molecule has 0 N–H and O–H groups in total. The zero-order chi connectivity index (χ0) is 10.9. The number of aromatic nitrogens is 1. The van der Waals surface area contributed by atoms with Crippen LogP contribution in [0.15, 0.2) is 12.3 Å². The van der Waals surface area contributed by atoms with Gasteiger partial charge >= 0.3 is 6.18 Å². The fraction of sp³-hybridized carbons (Fsp3) is 0.286. The van der Waals surface area contributed by atoms with Crippen molar-refractivity contribution < 1.29 is 26.3 Å². The molecule has 0 spiro atoms. The lowest BCUT2D eigenvalue weighted by molar-refractivity contribution is -0.140. The van der Waals surface area contributed by atoms with Crippen LogP contribution in [0, 0.1) is 5.82 Å². The lowest BCUT2D eigenvalue weighted by Gasteiger charge is -2.07. The van der Waals surface area contributed by atoms with Crippen LogP contribution in [-0.4, -0.2) is 4.98 Å². The van der Waals surface area contributed by atoms with Crippen LogP contribution in [0.3, 0.4) is 0 Å². The van der Waals surface area contributed by atoms with E-state index >= 15 is 0 Å². The minimum absolute atomic E-state index is 0.0524. The van der Waals surface area contributed by atoms with E-state index in [1.807, 2.05) is 0 Å². The summed E-state index contributed by atoms with van der Waals surface area (Å²) in [6, 6.07) is 0.0769. The number of rotatable bonds is 1. The van der Waals surface area contributed by atoms with Crippen LogP contribution in [0.4, 0.5) is 26.3 Å². The SMILES string of the molecule is Fc1cc(C(F)F)ncc1C(F)(F)F. The fourth-order valence-corrected chi connectivity index (χ4v) is 0.774. The van der Waals surface area contributed by atoms with Gasteiger partial charge in [0.15, 0.2) is 0 Å². The average molecular weight is 215 g/mol. The second-order valence-corrected chi connectivity index (χ2v) is 2.39. The van der Waals surface area contributed by atoms with Crippen molar-refractivity contribution in [1.29, 1.82) is 0 Å². The van der Waals surface area contributed by atoms with E-state index in [0.29, 0.717) is 0 Å². The van der Waals surface area contributed by atoms with Crippen molar-refractivity contribution in [1.82, 2.24) is 4.98 Å². The lowest BCUT2D eigenvalue weighted by atomic mass is 10.2. The molecule has 0 saturated heterocycles. The summed E-state index contributed by atoms with van der Waals surface area (Å²) in [6.45, 7) is 0. The van der Waals surface area contributed by atoms with Gasteiger partial charge in [-0.25, -0.2) is 13.2 Å². The highest BCUT2D eigenvalue weighted by atomic mass is 19.4. The normalized spacial score (nSPS) is 12.2. The van der Waals surface area contributed by atoms with Crippen LogP contribution < -0.4 is 0 Å². The Morgan fingerprint density at radius 3 is 2.14 bits per heavy atom. The number of hydrogen-bond acceptors (Lipinski definition) is 1. The summed E-state index contributed by atoms with van der Waals surface area (Å²) in [5.74, 6) is -1.75. The van der Waals surface area contributed by atoms with E-state index in [4.69, 9.17) is 0 Å².